The molecule has 0 saturated heterocycles. The highest BCUT2D eigenvalue weighted by atomic mass is 16.5. The first-order valence-corrected chi connectivity index (χ1v) is 6.57. The van der Waals surface area contributed by atoms with Crippen molar-refractivity contribution in [3.8, 4) is 0 Å². The van der Waals surface area contributed by atoms with Gasteiger partial charge in [-0.05, 0) is 47.2 Å². The Labute approximate surface area is 111 Å². The molecule has 0 rings (SSSR count). The van der Waals surface area contributed by atoms with Crippen molar-refractivity contribution in [3.05, 3.63) is 0 Å². The number of hydrogen-bond donors (Lipinski definition) is 2. The van der Waals surface area contributed by atoms with E-state index in [0.29, 0.717) is 0 Å². The van der Waals surface area contributed by atoms with Gasteiger partial charge in [-0.2, -0.15) is 0 Å². The summed E-state index contributed by atoms with van der Waals surface area (Å²) in [4.78, 5) is 13.7. The topological polar surface area (TPSA) is 67.6 Å². The molecule has 0 aromatic carbocycles. The molecule has 108 valence electrons. The number of likely N-dealkylation sites (N-methyl/N-ethyl adjacent to an activating group) is 1. The predicted molar refractivity (Wildman–Crippen MR) is 74.5 cm³/mol. The van der Waals surface area contributed by atoms with Gasteiger partial charge in [-0.1, -0.05) is 0 Å². The molecule has 5 nitrogen and oxygen atoms in total. The Morgan fingerprint density at radius 3 is 2.50 bits per heavy atom. The average Bonchev–Trinajstić information content (AvgIpc) is 2.25. The number of ether oxygens (including phenoxy) is 1. The molecule has 0 bridgehead atoms. The van der Waals surface area contributed by atoms with Crippen LogP contribution in [0.3, 0.4) is 0 Å². The van der Waals surface area contributed by atoms with Crippen molar-refractivity contribution in [1.82, 2.24) is 10.2 Å². The number of nitrogens with one attached hydrogen (secondary N) is 1. The van der Waals surface area contributed by atoms with E-state index in [4.69, 9.17) is 10.5 Å². The first-order valence-electron chi connectivity index (χ1n) is 6.57. The Balaban J connectivity index is 4.08. The highest BCUT2D eigenvalue weighted by Gasteiger charge is 2.30. The summed E-state index contributed by atoms with van der Waals surface area (Å²) >= 11 is 0. The molecule has 3 N–H and O–H groups in total. The van der Waals surface area contributed by atoms with Crippen molar-refractivity contribution in [2.24, 2.45) is 5.73 Å². The van der Waals surface area contributed by atoms with Gasteiger partial charge in [-0.3, -0.25) is 4.79 Å². The second-order valence-electron chi connectivity index (χ2n) is 5.40. The fourth-order valence-corrected chi connectivity index (χ4v) is 1.97. The van der Waals surface area contributed by atoms with Crippen molar-refractivity contribution in [2.45, 2.75) is 45.2 Å². The molecule has 18 heavy (non-hydrogen) atoms. The molecule has 1 unspecified atom stereocenters. The average molecular weight is 259 g/mol. The van der Waals surface area contributed by atoms with Crippen LogP contribution in [-0.4, -0.2) is 56.2 Å². The number of nitrogens with two attached hydrogens (primary N) is 1. The summed E-state index contributed by atoms with van der Waals surface area (Å²) in [5.74, 6) is -0.282. The Morgan fingerprint density at radius 2 is 2.06 bits per heavy atom. The van der Waals surface area contributed by atoms with Crippen LogP contribution in [0, 0.1) is 0 Å². The lowest BCUT2D eigenvalue weighted by Crippen LogP contribution is -2.55. The Morgan fingerprint density at radius 1 is 1.44 bits per heavy atom. The molecule has 0 aliphatic heterocycles. The minimum atomic E-state index is -0.615. The van der Waals surface area contributed by atoms with E-state index in [1.54, 1.807) is 7.11 Å². The third-order valence-corrected chi connectivity index (χ3v) is 3.04. The number of hydrogen-bond acceptors (Lipinski definition) is 4. The molecule has 0 aromatic heterocycles. The highest BCUT2D eigenvalue weighted by molar-refractivity contribution is 5.84. The zero-order chi connectivity index (χ0) is 14.2. The van der Waals surface area contributed by atoms with Crippen molar-refractivity contribution < 1.29 is 9.53 Å². The van der Waals surface area contributed by atoms with Crippen LogP contribution in [0.1, 0.15) is 33.6 Å². The molecule has 0 saturated carbocycles. The van der Waals surface area contributed by atoms with Gasteiger partial charge in [-0.15, -0.1) is 0 Å². The van der Waals surface area contributed by atoms with E-state index < -0.39 is 5.54 Å². The van der Waals surface area contributed by atoms with Gasteiger partial charge in [0.15, 0.2) is 0 Å². The van der Waals surface area contributed by atoms with E-state index in [9.17, 15) is 4.79 Å². The van der Waals surface area contributed by atoms with E-state index in [1.165, 1.54) is 0 Å². The number of amides is 1. The molecule has 1 atom stereocenters. The zero-order valence-corrected chi connectivity index (χ0v) is 12.5. The summed E-state index contributed by atoms with van der Waals surface area (Å²) in [7, 11) is 3.75. The molecular weight excluding hydrogens is 230 g/mol. The summed E-state index contributed by atoms with van der Waals surface area (Å²) in [6, 6.07) is 0.244. The van der Waals surface area contributed by atoms with Gasteiger partial charge < -0.3 is 20.7 Å². The van der Waals surface area contributed by atoms with Gasteiger partial charge in [0, 0.05) is 19.7 Å². The minimum Gasteiger partial charge on any atom is -0.383 e. The van der Waals surface area contributed by atoms with Gasteiger partial charge >= 0.3 is 0 Å². The molecule has 0 spiro atoms. The lowest BCUT2D eigenvalue weighted by atomic mass is 9.94. The van der Waals surface area contributed by atoms with Gasteiger partial charge in [0.2, 0.25) is 5.91 Å². The highest BCUT2D eigenvalue weighted by Crippen LogP contribution is 2.13. The van der Waals surface area contributed by atoms with Crippen molar-refractivity contribution in [1.29, 1.82) is 0 Å². The first-order chi connectivity index (χ1) is 8.31. The standard InChI is InChI=1S/C13H29N3O2/c1-11(2)15-13(3,12(14)17)7-6-8-16(4)9-10-18-5/h11,15H,6-10H2,1-5H3,(H2,14,17). The third-order valence-electron chi connectivity index (χ3n) is 3.04. The van der Waals surface area contributed by atoms with Crippen LogP contribution in [0.4, 0.5) is 0 Å². The van der Waals surface area contributed by atoms with Crippen LogP contribution >= 0.6 is 0 Å². The second-order valence-corrected chi connectivity index (χ2v) is 5.40. The summed E-state index contributed by atoms with van der Waals surface area (Å²) in [5.41, 5.74) is 4.87. The van der Waals surface area contributed by atoms with E-state index in [2.05, 4.69) is 17.3 Å². The lowest BCUT2D eigenvalue weighted by molar-refractivity contribution is -0.124. The monoisotopic (exact) mass is 259 g/mol. The van der Waals surface area contributed by atoms with Gasteiger partial charge in [0.05, 0.1) is 12.1 Å². The van der Waals surface area contributed by atoms with Gasteiger partial charge in [-0.25, -0.2) is 0 Å². The molecule has 0 radical (unpaired) electrons. The minimum absolute atomic E-state index is 0.244. The Hall–Kier alpha value is -0.650. The van der Waals surface area contributed by atoms with E-state index in [1.807, 2.05) is 20.8 Å². The number of primary amides is 1. The van der Waals surface area contributed by atoms with E-state index in [0.717, 1.165) is 32.5 Å². The molecule has 0 fully saturated rings. The maximum Gasteiger partial charge on any atom is 0.237 e. The van der Waals surface area contributed by atoms with E-state index >= 15 is 0 Å². The quantitative estimate of drug-likeness (QED) is 0.602. The fraction of sp³-hybridized carbons (Fsp3) is 0.923. The normalized spacial score (nSPS) is 15.1. The lowest BCUT2D eigenvalue weighted by Gasteiger charge is -2.30. The Bertz CT molecular complexity index is 246. The first kappa shape index (κ1) is 17.4. The Kier molecular flexibility index (Phi) is 8.15. The van der Waals surface area contributed by atoms with Gasteiger partial charge in [0.25, 0.3) is 0 Å². The van der Waals surface area contributed by atoms with Crippen LogP contribution in [-0.2, 0) is 9.53 Å². The third kappa shape index (κ3) is 6.93. The molecule has 1 amide bonds. The number of rotatable bonds is 10. The molecule has 5 heteroatoms. The number of carbonyl (C=O) groups is 1. The maximum atomic E-state index is 11.5. The second kappa shape index (κ2) is 8.45. The maximum absolute atomic E-state index is 11.5. The summed E-state index contributed by atoms with van der Waals surface area (Å²) in [6.07, 6.45) is 1.68. The van der Waals surface area contributed by atoms with Crippen LogP contribution in [0.5, 0.6) is 0 Å². The van der Waals surface area contributed by atoms with Crippen LogP contribution < -0.4 is 11.1 Å². The number of methoxy groups -OCH3 is 1. The van der Waals surface area contributed by atoms with Crippen LogP contribution in [0.15, 0.2) is 0 Å². The van der Waals surface area contributed by atoms with Crippen LogP contribution in [0.2, 0.25) is 0 Å². The fourth-order valence-electron chi connectivity index (χ4n) is 1.97. The molecule has 0 heterocycles. The smallest absolute Gasteiger partial charge is 0.237 e. The molecule has 0 aliphatic carbocycles. The summed E-state index contributed by atoms with van der Waals surface area (Å²) in [5, 5.41) is 3.25. The predicted octanol–water partition coefficient (Wildman–Crippen LogP) is 0.587. The molecule has 0 aromatic rings. The largest absolute Gasteiger partial charge is 0.383 e. The van der Waals surface area contributed by atoms with Crippen molar-refractivity contribution in [2.75, 3.05) is 33.9 Å². The van der Waals surface area contributed by atoms with E-state index in [-0.39, 0.29) is 11.9 Å². The summed E-state index contributed by atoms with van der Waals surface area (Å²) in [6.45, 7) is 8.49. The SMILES string of the molecule is COCCN(C)CCCC(C)(NC(C)C)C(N)=O. The summed E-state index contributed by atoms with van der Waals surface area (Å²) < 4.78 is 5.02. The zero-order valence-electron chi connectivity index (χ0n) is 12.5. The molecule has 0 aliphatic rings. The number of nitrogens with zero attached hydrogens (tertiary/aromatic N) is 1. The number of carbonyl (C=O) groups excluding carboxylic acids is 1. The van der Waals surface area contributed by atoms with Crippen LogP contribution in [0.25, 0.3) is 0 Å². The van der Waals surface area contributed by atoms with Gasteiger partial charge in [0.1, 0.15) is 0 Å². The molecular formula is C13H29N3O2. The van der Waals surface area contributed by atoms with Crippen molar-refractivity contribution in [3.63, 3.8) is 0 Å². The van der Waals surface area contributed by atoms with Crippen molar-refractivity contribution >= 4 is 5.91 Å².